The Bertz CT molecular complexity index is 768. The lowest BCUT2D eigenvalue weighted by molar-refractivity contribution is -0.138. The van der Waals surface area contributed by atoms with Crippen LogP contribution in [0.3, 0.4) is 0 Å². The predicted octanol–water partition coefficient (Wildman–Crippen LogP) is 4.35. The van der Waals surface area contributed by atoms with Crippen molar-refractivity contribution >= 4 is 6.09 Å². The van der Waals surface area contributed by atoms with E-state index in [1.54, 1.807) is 25.7 Å². The smallest absolute Gasteiger partial charge is 0.418 e. The topological polar surface area (TPSA) is 51.7 Å². The fraction of sp³-hybridized carbons (Fsp3) is 0.579. The Balaban J connectivity index is 1.66. The number of fused-ring (bicyclic) bond motifs is 1. The summed E-state index contributed by atoms with van der Waals surface area (Å²) in [5.74, 6) is 0.485. The highest BCUT2D eigenvalue weighted by Gasteiger charge is 2.41. The van der Waals surface area contributed by atoms with Crippen LogP contribution in [0, 0.1) is 12.8 Å². The molecule has 1 aliphatic heterocycles. The van der Waals surface area contributed by atoms with Crippen molar-refractivity contribution in [2.75, 3.05) is 13.2 Å². The zero-order valence-electron chi connectivity index (χ0n) is 15.8. The van der Waals surface area contributed by atoms with E-state index in [1.165, 1.54) is 18.6 Å². The third kappa shape index (κ3) is 4.73. The first-order chi connectivity index (χ1) is 12.4. The number of ether oxygens (including phenoxy) is 2. The molecule has 0 unspecified atom stereocenters. The van der Waals surface area contributed by atoms with Crippen molar-refractivity contribution in [1.29, 1.82) is 0 Å². The van der Waals surface area contributed by atoms with Gasteiger partial charge in [0.1, 0.15) is 12.2 Å². The van der Waals surface area contributed by atoms with Gasteiger partial charge in [0.15, 0.2) is 0 Å². The van der Waals surface area contributed by atoms with Crippen molar-refractivity contribution in [1.82, 2.24) is 9.88 Å². The summed E-state index contributed by atoms with van der Waals surface area (Å²) in [6, 6.07) is 1.04. The summed E-state index contributed by atoms with van der Waals surface area (Å²) in [7, 11) is 0. The first-order valence-corrected chi connectivity index (χ1v) is 8.81. The van der Waals surface area contributed by atoms with Gasteiger partial charge in [0.25, 0.3) is 0 Å². The molecule has 27 heavy (non-hydrogen) atoms. The van der Waals surface area contributed by atoms with E-state index in [1.807, 2.05) is 0 Å². The summed E-state index contributed by atoms with van der Waals surface area (Å²) in [4.78, 5) is 17.9. The van der Waals surface area contributed by atoms with E-state index in [4.69, 9.17) is 9.47 Å². The second-order valence-corrected chi connectivity index (χ2v) is 7.99. The van der Waals surface area contributed by atoms with E-state index < -0.39 is 23.4 Å². The number of halogens is 3. The number of alkyl halides is 3. The van der Waals surface area contributed by atoms with Gasteiger partial charge in [-0.3, -0.25) is 4.90 Å². The zero-order chi connectivity index (χ0) is 20.0. The molecule has 1 aliphatic carbocycles. The normalized spacial score (nSPS) is 22.0. The van der Waals surface area contributed by atoms with E-state index in [0.717, 1.165) is 6.20 Å². The highest BCUT2D eigenvalue weighted by atomic mass is 19.4. The summed E-state index contributed by atoms with van der Waals surface area (Å²) >= 11 is 0. The average molecular weight is 384 g/mol. The van der Waals surface area contributed by atoms with Crippen molar-refractivity contribution in [2.24, 2.45) is 5.92 Å². The molecule has 1 fully saturated rings. The fourth-order valence-corrected chi connectivity index (χ4v) is 3.13. The summed E-state index contributed by atoms with van der Waals surface area (Å²) < 4.78 is 49.6. The second-order valence-electron chi connectivity index (χ2n) is 7.99. The van der Waals surface area contributed by atoms with Gasteiger partial charge in [-0.05, 0) is 45.3 Å². The van der Waals surface area contributed by atoms with Crippen molar-refractivity contribution in [3.8, 4) is 5.88 Å². The van der Waals surface area contributed by atoms with E-state index in [0.29, 0.717) is 18.9 Å². The molecule has 0 saturated carbocycles. The predicted molar refractivity (Wildman–Crippen MR) is 92.4 cm³/mol. The first-order valence-electron chi connectivity index (χ1n) is 8.81. The van der Waals surface area contributed by atoms with Crippen LogP contribution >= 0.6 is 0 Å². The molecule has 2 heterocycles. The number of rotatable bonds is 3. The number of allylic oxidation sites excluding steroid dienone is 1. The third-order valence-corrected chi connectivity index (χ3v) is 4.54. The summed E-state index contributed by atoms with van der Waals surface area (Å²) in [5, 5.41) is 0. The van der Waals surface area contributed by atoms with Gasteiger partial charge < -0.3 is 9.47 Å². The number of pyridine rings is 1. The number of amides is 1. The lowest BCUT2D eigenvalue weighted by atomic mass is 10.0. The SMILES string of the molecule is Cc1cc(OC[C@@H]2C[C@@H]3C=C3CN2C(=O)OC(C)(C)C)ncc1C(F)(F)F. The van der Waals surface area contributed by atoms with Crippen LogP contribution in [-0.4, -0.2) is 40.8 Å². The molecule has 1 amide bonds. The Morgan fingerprint density at radius 3 is 2.63 bits per heavy atom. The largest absolute Gasteiger partial charge is 0.475 e. The number of nitrogens with zero attached hydrogens (tertiary/aromatic N) is 2. The van der Waals surface area contributed by atoms with Crippen molar-refractivity contribution in [2.45, 2.75) is 51.9 Å². The van der Waals surface area contributed by atoms with Crippen molar-refractivity contribution in [3.05, 3.63) is 35.0 Å². The van der Waals surface area contributed by atoms with Crippen LogP contribution in [0.1, 0.15) is 38.3 Å². The molecule has 2 atom stereocenters. The van der Waals surface area contributed by atoms with Gasteiger partial charge in [0.05, 0.1) is 11.6 Å². The Morgan fingerprint density at radius 1 is 1.33 bits per heavy atom. The Hall–Kier alpha value is -2.25. The van der Waals surface area contributed by atoms with Crippen LogP contribution in [0.5, 0.6) is 5.88 Å². The molecule has 2 aliphatic rings. The van der Waals surface area contributed by atoms with Crippen LogP contribution < -0.4 is 4.74 Å². The minimum Gasteiger partial charge on any atom is -0.475 e. The molecule has 0 radical (unpaired) electrons. The molecule has 0 bridgehead atoms. The number of hydrogen-bond acceptors (Lipinski definition) is 4. The standard InChI is InChI=1S/C19H23F3N2O3/c1-11-5-16(23-8-15(11)19(20,21)22)26-10-14-7-12-6-13(12)9-24(14)17(25)27-18(2,3)4/h5-6,8,12,14H,7,9-10H2,1-4H3/t12-,14-/m0/s1. The number of carbonyl (C=O) groups is 1. The minimum absolute atomic E-state index is 0.0475. The number of hydrogen-bond donors (Lipinski definition) is 0. The molecule has 1 saturated heterocycles. The summed E-state index contributed by atoms with van der Waals surface area (Å²) in [6.45, 7) is 7.41. The monoisotopic (exact) mass is 384 g/mol. The highest BCUT2D eigenvalue weighted by Crippen LogP contribution is 2.40. The van der Waals surface area contributed by atoms with Crippen molar-refractivity contribution < 1.29 is 27.4 Å². The van der Waals surface area contributed by atoms with E-state index >= 15 is 0 Å². The molecular weight excluding hydrogens is 361 g/mol. The van der Waals surface area contributed by atoms with Gasteiger partial charge in [-0.15, -0.1) is 0 Å². The lowest BCUT2D eigenvalue weighted by Gasteiger charge is -2.36. The molecule has 3 rings (SSSR count). The van der Waals surface area contributed by atoms with Crippen LogP contribution in [-0.2, 0) is 10.9 Å². The Labute approximate surface area is 156 Å². The highest BCUT2D eigenvalue weighted by molar-refractivity contribution is 5.70. The first kappa shape index (κ1) is 19.5. The quantitative estimate of drug-likeness (QED) is 0.727. The maximum Gasteiger partial charge on any atom is 0.418 e. The molecule has 0 N–H and O–H groups in total. The zero-order valence-corrected chi connectivity index (χ0v) is 15.8. The number of aromatic nitrogens is 1. The molecule has 1 aromatic heterocycles. The molecule has 148 valence electrons. The maximum absolute atomic E-state index is 12.8. The average Bonchev–Trinajstić information content (AvgIpc) is 3.27. The maximum atomic E-state index is 12.8. The van der Waals surface area contributed by atoms with Gasteiger partial charge in [-0.1, -0.05) is 6.08 Å². The lowest BCUT2D eigenvalue weighted by Crippen LogP contribution is -2.49. The number of piperidine rings is 1. The second kappa shape index (κ2) is 6.73. The van der Waals surface area contributed by atoms with Crippen LogP contribution in [0.15, 0.2) is 23.9 Å². The Morgan fingerprint density at radius 2 is 2.04 bits per heavy atom. The van der Waals surface area contributed by atoms with Crippen LogP contribution in [0.25, 0.3) is 0 Å². The van der Waals surface area contributed by atoms with E-state index in [-0.39, 0.29) is 24.1 Å². The van der Waals surface area contributed by atoms with E-state index in [2.05, 4.69) is 11.1 Å². The van der Waals surface area contributed by atoms with Gasteiger partial charge in [0.2, 0.25) is 5.88 Å². The third-order valence-electron chi connectivity index (χ3n) is 4.54. The molecule has 5 nitrogen and oxygen atoms in total. The van der Waals surface area contributed by atoms with Gasteiger partial charge in [-0.2, -0.15) is 13.2 Å². The van der Waals surface area contributed by atoms with Crippen LogP contribution in [0.2, 0.25) is 0 Å². The minimum atomic E-state index is -4.44. The van der Waals surface area contributed by atoms with Gasteiger partial charge in [0, 0.05) is 24.7 Å². The molecule has 8 heteroatoms. The molecule has 0 aromatic carbocycles. The Kier molecular flexibility index (Phi) is 4.86. The summed E-state index contributed by atoms with van der Waals surface area (Å²) in [6.07, 6.45) is -1.26. The van der Waals surface area contributed by atoms with Crippen molar-refractivity contribution in [3.63, 3.8) is 0 Å². The van der Waals surface area contributed by atoms with E-state index in [9.17, 15) is 18.0 Å². The van der Waals surface area contributed by atoms with Gasteiger partial charge >= 0.3 is 12.3 Å². The molecular formula is C19H23F3N2O3. The number of carbonyl (C=O) groups excluding carboxylic acids is 1. The summed E-state index contributed by atoms with van der Waals surface area (Å²) in [5.41, 5.74) is -0.134. The number of likely N-dealkylation sites (tertiary alicyclic amines) is 1. The molecule has 1 aromatic rings. The van der Waals surface area contributed by atoms with Crippen LogP contribution in [0.4, 0.5) is 18.0 Å². The number of aryl methyl sites for hydroxylation is 1. The van der Waals surface area contributed by atoms with Gasteiger partial charge in [-0.25, -0.2) is 9.78 Å². The molecule has 0 spiro atoms. The fourth-order valence-electron chi connectivity index (χ4n) is 3.13.